The Balaban J connectivity index is 2.90. The van der Waals surface area contributed by atoms with E-state index in [1.54, 1.807) is 0 Å². The van der Waals surface area contributed by atoms with Gasteiger partial charge in [-0.05, 0) is 0 Å². The minimum Gasteiger partial charge on any atom is -0.480 e. The highest BCUT2D eigenvalue weighted by Crippen LogP contribution is 1.94. The van der Waals surface area contributed by atoms with Crippen LogP contribution in [-0.2, 0) is 4.79 Å². The van der Waals surface area contributed by atoms with E-state index in [1.807, 2.05) is 4.98 Å². The van der Waals surface area contributed by atoms with Crippen molar-refractivity contribution in [3.05, 3.63) is 32.6 Å². The molecular formula is C9H11N3O6. The van der Waals surface area contributed by atoms with E-state index in [0.717, 1.165) is 6.07 Å². The minimum absolute atomic E-state index is 0.186. The van der Waals surface area contributed by atoms with Crippen LogP contribution < -0.4 is 16.6 Å². The first-order chi connectivity index (χ1) is 8.43. The van der Waals surface area contributed by atoms with Crippen molar-refractivity contribution in [1.29, 1.82) is 0 Å². The van der Waals surface area contributed by atoms with Gasteiger partial charge in [0.05, 0.1) is 0 Å². The maximum atomic E-state index is 11.6. The molecular weight excluding hydrogens is 246 g/mol. The van der Waals surface area contributed by atoms with Crippen LogP contribution in [0.25, 0.3) is 0 Å². The van der Waals surface area contributed by atoms with E-state index in [9.17, 15) is 19.2 Å². The number of aromatic nitrogens is 2. The van der Waals surface area contributed by atoms with Crippen LogP contribution in [0.3, 0.4) is 0 Å². The third kappa shape index (κ3) is 3.56. The number of aliphatic carboxylic acids is 1. The maximum Gasteiger partial charge on any atom is 0.326 e. The Labute approximate surface area is 99.5 Å². The number of carboxylic acid groups (broad SMARTS) is 1. The molecule has 0 aliphatic heterocycles. The number of hydrogen-bond acceptors (Lipinski definition) is 5. The van der Waals surface area contributed by atoms with Gasteiger partial charge in [-0.15, -0.1) is 0 Å². The molecule has 1 atom stereocenters. The number of carboxylic acids is 1. The quantitative estimate of drug-likeness (QED) is 0.397. The number of amides is 1. The maximum absolute atomic E-state index is 11.6. The van der Waals surface area contributed by atoms with Gasteiger partial charge < -0.3 is 20.5 Å². The van der Waals surface area contributed by atoms with Crippen molar-refractivity contribution < 1.29 is 19.8 Å². The molecule has 1 heterocycles. The molecule has 0 spiro atoms. The third-order valence-electron chi connectivity index (χ3n) is 2.03. The van der Waals surface area contributed by atoms with Crippen LogP contribution in [0, 0.1) is 0 Å². The summed E-state index contributed by atoms with van der Waals surface area (Å²) in [7, 11) is 0. The molecule has 0 aliphatic carbocycles. The zero-order chi connectivity index (χ0) is 13.7. The lowest BCUT2D eigenvalue weighted by Crippen LogP contribution is -2.42. The molecule has 5 N–H and O–H groups in total. The van der Waals surface area contributed by atoms with Gasteiger partial charge in [0.15, 0.2) is 0 Å². The van der Waals surface area contributed by atoms with Crippen LogP contribution in [-0.4, -0.2) is 44.7 Å². The van der Waals surface area contributed by atoms with E-state index < -0.39 is 35.8 Å². The number of aliphatic hydroxyl groups is 1. The summed E-state index contributed by atoms with van der Waals surface area (Å²) in [6, 6.07) is -0.473. The fraction of sp³-hybridized carbons (Fsp3) is 0.333. The Hall–Kier alpha value is -2.42. The van der Waals surface area contributed by atoms with Crippen LogP contribution in [0.4, 0.5) is 0 Å². The molecule has 0 unspecified atom stereocenters. The van der Waals surface area contributed by atoms with Gasteiger partial charge in [-0.3, -0.25) is 14.6 Å². The first-order valence-electron chi connectivity index (χ1n) is 4.92. The lowest BCUT2D eigenvalue weighted by atomic mass is 10.2. The molecule has 9 nitrogen and oxygen atoms in total. The number of rotatable bonds is 5. The Morgan fingerprint density at radius 3 is 2.50 bits per heavy atom. The molecule has 0 aromatic carbocycles. The Morgan fingerprint density at radius 2 is 2.00 bits per heavy atom. The van der Waals surface area contributed by atoms with Gasteiger partial charge in [0.2, 0.25) is 0 Å². The number of H-pyrrole nitrogens is 2. The fourth-order valence-electron chi connectivity index (χ4n) is 1.21. The summed E-state index contributed by atoms with van der Waals surface area (Å²) < 4.78 is 0. The van der Waals surface area contributed by atoms with Crippen molar-refractivity contribution in [1.82, 2.24) is 15.3 Å². The first-order valence-corrected chi connectivity index (χ1v) is 4.92. The van der Waals surface area contributed by atoms with E-state index in [4.69, 9.17) is 10.2 Å². The predicted octanol–water partition coefficient (Wildman–Crippen LogP) is -2.37. The van der Waals surface area contributed by atoms with Crippen LogP contribution in [0.2, 0.25) is 0 Å². The predicted molar refractivity (Wildman–Crippen MR) is 58.3 cm³/mol. The van der Waals surface area contributed by atoms with Crippen molar-refractivity contribution in [2.24, 2.45) is 0 Å². The summed E-state index contributed by atoms with van der Waals surface area (Å²) in [4.78, 5) is 48.1. The molecule has 0 saturated carbocycles. The second kappa shape index (κ2) is 5.77. The molecule has 0 fully saturated rings. The van der Waals surface area contributed by atoms with Crippen molar-refractivity contribution in [3.63, 3.8) is 0 Å². The van der Waals surface area contributed by atoms with Crippen molar-refractivity contribution in [2.75, 3.05) is 6.61 Å². The van der Waals surface area contributed by atoms with E-state index >= 15 is 0 Å². The van der Waals surface area contributed by atoms with E-state index in [-0.39, 0.29) is 12.1 Å². The highest BCUT2D eigenvalue weighted by molar-refractivity contribution is 5.94. The molecule has 0 saturated heterocycles. The van der Waals surface area contributed by atoms with Crippen LogP contribution in [0.5, 0.6) is 0 Å². The topological polar surface area (TPSA) is 152 Å². The number of nitrogens with one attached hydrogen (secondary N) is 3. The zero-order valence-corrected chi connectivity index (χ0v) is 9.10. The normalized spacial score (nSPS) is 11.8. The summed E-state index contributed by atoms with van der Waals surface area (Å²) in [6.45, 7) is -0.427. The average molecular weight is 257 g/mol. The van der Waals surface area contributed by atoms with Gasteiger partial charge in [-0.1, -0.05) is 0 Å². The summed E-state index contributed by atoms with van der Waals surface area (Å²) in [5.74, 6) is -2.25. The molecule has 0 radical (unpaired) electrons. The smallest absolute Gasteiger partial charge is 0.326 e. The standard InChI is InChI=1S/C9H11N3O6/c13-2-1-4(8(16)17)10-7(15)5-3-6(14)12-9(18)11-5/h3-4,13H,1-2H2,(H,10,15)(H,16,17)(H2,11,12,14,18)/t4-/m1/s1. The number of carbonyl (C=O) groups is 2. The van der Waals surface area contributed by atoms with Gasteiger partial charge in [-0.2, -0.15) is 0 Å². The lowest BCUT2D eigenvalue weighted by molar-refractivity contribution is -0.139. The lowest BCUT2D eigenvalue weighted by Gasteiger charge is -2.12. The van der Waals surface area contributed by atoms with Crippen molar-refractivity contribution in [3.8, 4) is 0 Å². The highest BCUT2D eigenvalue weighted by Gasteiger charge is 2.20. The van der Waals surface area contributed by atoms with Gasteiger partial charge >= 0.3 is 11.7 Å². The van der Waals surface area contributed by atoms with Crippen molar-refractivity contribution in [2.45, 2.75) is 12.5 Å². The minimum atomic E-state index is -1.33. The van der Waals surface area contributed by atoms with Gasteiger partial charge in [0, 0.05) is 19.1 Å². The molecule has 1 rings (SSSR count). The molecule has 0 bridgehead atoms. The molecule has 1 amide bonds. The first kappa shape index (κ1) is 13.6. The monoisotopic (exact) mass is 257 g/mol. The average Bonchev–Trinajstić information content (AvgIpc) is 2.26. The third-order valence-corrected chi connectivity index (χ3v) is 2.03. The summed E-state index contributed by atoms with van der Waals surface area (Å²) in [5.41, 5.74) is -2.01. The van der Waals surface area contributed by atoms with Crippen molar-refractivity contribution >= 4 is 11.9 Å². The van der Waals surface area contributed by atoms with Crippen LogP contribution >= 0.6 is 0 Å². The number of aromatic amines is 2. The fourth-order valence-corrected chi connectivity index (χ4v) is 1.21. The Bertz CT molecular complexity index is 532. The van der Waals surface area contributed by atoms with Gasteiger partial charge in [0.1, 0.15) is 11.7 Å². The molecule has 18 heavy (non-hydrogen) atoms. The second-order valence-corrected chi connectivity index (χ2v) is 3.38. The number of carbonyl (C=O) groups excluding carboxylic acids is 1. The largest absolute Gasteiger partial charge is 0.480 e. The molecule has 0 aliphatic rings. The van der Waals surface area contributed by atoms with Gasteiger partial charge in [-0.25, -0.2) is 9.59 Å². The number of aliphatic hydroxyl groups excluding tert-OH is 1. The highest BCUT2D eigenvalue weighted by atomic mass is 16.4. The summed E-state index contributed by atoms with van der Waals surface area (Å²) in [5, 5.41) is 19.4. The number of hydrogen-bond donors (Lipinski definition) is 5. The van der Waals surface area contributed by atoms with E-state index in [2.05, 4.69) is 10.3 Å². The molecule has 9 heteroatoms. The summed E-state index contributed by atoms with van der Waals surface area (Å²) in [6.07, 6.45) is -0.186. The zero-order valence-electron chi connectivity index (χ0n) is 9.10. The van der Waals surface area contributed by atoms with E-state index in [0.29, 0.717) is 0 Å². The summed E-state index contributed by atoms with van der Waals surface area (Å²) >= 11 is 0. The second-order valence-electron chi connectivity index (χ2n) is 3.38. The molecule has 98 valence electrons. The van der Waals surface area contributed by atoms with E-state index in [1.165, 1.54) is 0 Å². The van der Waals surface area contributed by atoms with Crippen LogP contribution in [0.15, 0.2) is 15.7 Å². The molecule has 1 aromatic heterocycles. The SMILES string of the molecule is O=C(N[C@H](CCO)C(=O)O)c1cc(=O)[nH]c(=O)[nH]1. The van der Waals surface area contributed by atoms with Crippen LogP contribution in [0.1, 0.15) is 16.9 Å². The Kier molecular flexibility index (Phi) is 4.38. The molecule has 1 aromatic rings. The van der Waals surface area contributed by atoms with Gasteiger partial charge in [0.25, 0.3) is 11.5 Å². The Morgan fingerprint density at radius 1 is 1.33 bits per heavy atom.